The van der Waals surface area contributed by atoms with Crippen molar-refractivity contribution in [3.8, 4) is 0 Å². The molecule has 2 aromatic carbocycles. The maximum Gasteiger partial charge on any atom is 0.233 e. The summed E-state index contributed by atoms with van der Waals surface area (Å²) in [4.78, 5) is 20.5. The molecule has 4 nitrogen and oxygen atoms in total. The quantitative estimate of drug-likeness (QED) is 0.547. The Bertz CT molecular complexity index is 1120. The molecule has 1 amide bonds. The van der Waals surface area contributed by atoms with Crippen LogP contribution in [0, 0.1) is 11.7 Å². The van der Waals surface area contributed by atoms with E-state index in [4.69, 9.17) is 4.74 Å². The normalized spacial score (nSPS) is 21.0. The molecule has 3 heterocycles. The first-order chi connectivity index (χ1) is 16.2. The summed E-state index contributed by atoms with van der Waals surface area (Å²) in [5.74, 6) is 0.395. The molecule has 2 fully saturated rings. The summed E-state index contributed by atoms with van der Waals surface area (Å²) in [6.07, 6.45) is 7.21. The predicted molar refractivity (Wildman–Crippen MR) is 127 cm³/mol. The first-order valence-corrected chi connectivity index (χ1v) is 12.1. The summed E-state index contributed by atoms with van der Waals surface area (Å²) >= 11 is 0. The maximum atomic E-state index is 14.1. The zero-order chi connectivity index (χ0) is 22.7. The zero-order valence-electron chi connectivity index (χ0n) is 19.0. The van der Waals surface area contributed by atoms with Crippen LogP contribution >= 0.6 is 0 Å². The van der Waals surface area contributed by atoms with Crippen molar-refractivity contribution in [3.63, 3.8) is 0 Å². The van der Waals surface area contributed by atoms with Gasteiger partial charge in [0.15, 0.2) is 0 Å². The number of carbonyl (C=O) groups is 1. The Morgan fingerprint density at radius 1 is 1.06 bits per heavy atom. The fourth-order valence-corrected chi connectivity index (χ4v) is 5.65. The van der Waals surface area contributed by atoms with E-state index in [1.807, 2.05) is 23.2 Å². The molecule has 2 saturated heterocycles. The van der Waals surface area contributed by atoms with Crippen molar-refractivity contribution in [1.82, 2.24) is 9.88 Å². The van der Waals surface area contributed by atoms with Crippen LogP contribution in [0.4, 0.5) is 4.39 Å². The first kappa shape index (κ1) is 22.0. The van der Waals surface area contributed by atoms with E-state index in [1.165, 1.54) is 17.0 Å². The van der Waals surface area contributed by atoms with Gasteiger partial charge in [0.05, 0.1) is 10.9 Å². The molecule has 0 spiro atoms. The summed E-state index contributed by atoms with van der Waals surface area (Å²) in [6.45, 7) is 2.59. The van der Waals surface area contributed by atoms with E-state index >= 15 is 0 Å². The molecule has 1 aromatic heterocycles. The van der Waals surface area contributed by atoms with Gasteiger partial charge in [0.1, 0.15) is 5.82 Å². The van der Waals surface area contributed by atoms with Gasteiger partial charge >= 0.3 is 0 Å². The lowest BCUT2D eigenvalue weighted by Gasteiger charge is -2.40. The summed E-state index contributed by atoms with van der Waals surface area (Å²) in [5, 5.41) is 1.23. The van der Waals surface area contributed by atoms with Gasteiger partial charge in [0.2, 0.25) is 5.91 Å². The van der Waals surface area contributed by atoms with E-state index in [1.54, 1.807) is 12.1 Å². The number of rotatable bonds is 4. The Balaban J connectivity index is 1.33. The molecule has 5 heteroatoms. The topological polar surface area (TPSA) is 42.4 Å². The third-order valence-electron chi connectivity index (χ3n) is 7.52. The Labute approximate surface area is 194 Å². The summed E-state index contributed by atoms with van der Waals surface area (Å²) in [5.41, 5.74) is 2.49. The van der Waals surface area contributed by atoms with Gasteiger partial charge in [-0.2, -0.15) is 0 Å². The van der Waals surface area contributed by atoms with Gasteiger partial charge in [-0.25, -0.2) is 4.39 Å². The minimum atomic E-state index is -0.679. The second kappa shape index (κ2) is 9.60. The van der Waals surface area contributed by atoms with Crippen LogP contribution in [0.25, 0.3) is 10.9 Å². The van der Waals surface area contributed by atoms with E-state index < -0.39 is 5.41 Å². The number of pyridine rings is 1. The van der Waals surface area contributed by atoms with Crippen molar-refractivity contribution in [2.24, 2.45) is 5.92 Å². The summed E-state index contributed by atoms with van der Waals surface area (Å²) < 4.78 is 19.7. The molecular formula is C28H31FN2O2. The van der Waals surface area contributed by atoms with Crippen LogP contribution in [0.15, 0.2) is 60.8 Å². The van der Waals surface area contributed by atoms with Crippen molar-refractivity contribution in [2.75, 3.05) is 26.3 Å². The number of benzene rings is 2. The van der Waals surface area contributed by atoms with Crippen molar-refractivity contribution in [3.05, 3.63) is 77.7 Å². The van der Waals surface area contributed by atoms with Crippen LogP contribution in [0.3, 0.4) is 0 Å². The number of carbonyl (C=O) groups excluding carboxylic acids is 1. The molecule has 0 bridgehead atoms. The maximum absolute atomic E-state index is 14.1. The fraction of sp³-hybridized carbons (Fsp3) is 0.429. The van der Waals surface area contributed by atoms with Gasteiger partial charge in [-0.1, -0.05) is 30.3 Å². The van der Waals surface area contributed by atoms with Gasteiger partial charge in [-0.3, -0.25) is 9.78 Å². The number of nitrogens with zero attached hydrogens (tertiary/aromatic N) is 2. The average molecular weight is 447 g/mol. The molecule has 33 heavy (non-hydrogen) atoms. The Morgan fingerprint density at radius 2 is 1.91 bits per heavy atom. The van der Waals surface area contributed by atoms with Crippen molar-refractivity contribution < 1.29 is 13.9 Å². The summed E-state index contributed by atoms with van der Waals surface area (Å²) in [7, 11) is 0. The highest BCUT2D eigenvalue weighted by atomic mass is 19.1. The number of hydrogen-bond donors (Lipinski definition) is 0. The lowest BCUT2D eigenvalue weighted by atomic mass is 9.73. The molecule has 172 valence electrons. The molecule has 3 aromatic rings. The van der Waals surface area contributed by atoms with Gasteiger partial charge in [0.25, 0.3) is 0 Å². The number of halogens is 1. The smallest absolute Gasteiger partial charge is 0.233 e. The number of hydrogen-bond acceptors (Lipinski definition) is 3. The molecule has 5 rings (SSSR count). The highest BCUT2D eigenvalue weighted by molar-refractivity contribution is 5.88. The van der Waals surface area contributed by atoms with Crippen LogP contribution in [0.5, 0.6) is 0 Å². The second-order valence-electron chi connectivity index (χ2n) is 9.49. The molecule has 2 aliphatic heterocycles. The van der Waals surface area contributed by atoms with E-state index in [0.29, 0.717) is 32.0 Å². The Morgan fingerprint density at radius 3 is 2.76 bits per heavy atom. The molecule has 1 atom stereocenters. The van der Waals surface area contributed by atoms with E-state index in [0.717, 1.165) is 49.9 Å². The van der Waals surface area contributed by atoms with Crippen LogP contribution in [0.2, 0.25) is 0 Å². The number of fused-ring (bicyclic) bond motifs is 1. The molecule has 0 radical (unpaired) electrons. The summed E-state index contributed by atoms with van der Waals surface area (Å²) in [6, 6.07) is 17.0. The number of para-hydroxylation sites is 1. The standard InChI is InChI=1S/C28H31FN2O2/c29-24-7-3-6-23(20-24)28(12-17-33-18-13-28)27(32)31-15-4-5-21(11-16-31)19-22-10-14-30-26-9-2-1-8-25(22)26/h1-3,6-10,14,20-21H,4-5,11-13,15-19H2/t21-/m0/s1. The van der Waals surface area contributed by atoms with E-state index in [9.17, 15) is 9.18 Å². The molecule has 0 unspecified atom stereocenters. The second-order valence-corrected chi connectivity index (χ2v) is 9.49. The van der Waals surface area contributed by atoms with Crippen molar-refractivity contribution >= 4 is 16.8 Å². The average Bonchev–Trinajstić information content (AvgIpc) is 3.10. The first-order valence-electron chi connectivity index (χ1n) is 12.1. The van der Waals surface area contributed by atoms with Crippen molar-refractivity contribution in [2.45, 2.75) is 43.9 Å². The third-order valence-corrected chi connectivity index (χ3v) is 7.52. The number of amides is 1. The molecule has 0 saturated carbocycles. The van der Waals surface area contributed by atoms with Crippen LogP contribution in [-0.4, -0.2) is 42.1 Å². The Hall–Kier alpha value is -2.79. The van der Waals surface area contributed by atoms with Gasteiger partial charge in [-0.05, 0) is 79.8 Å². The zero-order valence-corrected chi connectivity index (χ0v) is 19.0. The molecule has 0 N–H and O–H groups in total. The van der Waals surface area contributed by atoms with Crippen molar-refractivity contribution in [1.29, 1.82) is 0 Å². The van der Waals surface area contributed by atoms with Crippen LogP contribution in [-0.2, 0) is 21.4 Å². The minimum Gasteiger partial charge on any atom is -0.381 e. The minimum absolute atomic E-state index is 0.145. The van der Waals surface area contributed by atoms with E-state index in [2.05, 4.69) is 29.2 Å². The fourth-order valence-electron chi connectivity index (χ4n) is 5.65. The van der Waals surface area contributed by atoms with Crippen LogP contribution in [0.1, 0.15) is 43.2 Å². The number of ether oxygens (including phenoxy) is 1. The van der Waals surface area contributed by atoms with Gasteiger partial charge < -0.3 is 9.64 Å². The molecular weight excluding hydrogens is 415 g/mol. The van der Waals surface area contributed by atoms with Crippen LogP contribution < -0.4 is 0 Å². The third kappa shape index (κ3) is 4.51. The lowest BCUT2D eigenvalue weighted by molar-refractivity contribution is -0.141. The van der Waals surface area contributed by atoms with Gasteiger partial charge in [-0.15, -0.1) is 0 Å². The SMILES string of the molecule is O=C(N1CCC[C@H](Cc2ccnc3ccccc23)CC1)C1(c2cccc(F)c2)CCOCC1. The highest BCUT2D eigenvalue weighted by Crippen LogP contribution is 2.38. The molecule has 2 aliphatic rings. The molecule has 0 aliphatic carbocycles. The predicted octanol–water partition coefficient (Wildman–Crippen LogP) is 5.29. The number of aromatic nitrogens is 1. The number of likely N-dealkylation sites (tertiary alicyclic amines) is 1. The Kier molecular flexibility index (Phi) is 6.41. The monoisotopic (exact) mass is 446 g/mol. The highest BCUT2D eigenvalue weighted by Gasteiger charge is 2.44. The lowest BCUT2D eigenvalue weighted by Crippen LogP contribution is -2.50. The van der Waals surface area contributed by atoms with E-state index in [-0.39, 0.29) is 11.7 Å². The van der Waals surface area contributed by atoms with Gasteiger partial charge in [0, 0.05) is 37.9 Å². The largest absolute Gasteiger partial charge is 0.381 e.